The lowest BCUT2D eigenvalue weighted by molar-refractivity contribution is -0.121. The van der Waals surface area contributed by atoms with Crippen LogP contribution in [0.25, 0.3) is 0 Å². The molecule has 0 spiro atoms. The summed E-state index contributed by atoms with van der Waals surface area (Å²) in [4.78, 5) is 24.2. The molecule has 3 amide bonds. The molecule has 0 aromatic heterocycles. The number of likely N-dealkylation sites (tertiary alicyclic amines) is 1. The monoisotopic (exact) mass is 261 g/mol. The molecule has 1 heterocycles. The van der Waals surface area contributed by atoms with Gasteiger partial charge in [-0.05, 0) is 0 Å². The Bertz CT molecular complexity index is 289. The highest BCUT2D eigenvalue weighted by Gasteiger charge is 2.30. The van der Waals surface area contributed by atoms with E-state index in [1.165, 1.54) is 7.11 Å². The summed E-state index contributed by atoms with van der Waals surface area (Å²) in [5, 5.41) is 23.2. The van der Waals surface area contributed by atoms with Gasteiger partial charge in [0.15, 0.2) is 0 Å². The maximum absolute atomic E-state index is 11.4. The van der Waals surface area contributed by atoms with Crippen molar-refractivity contribution in [1.82, 2.24) is 15.5 Å². The van der Waals surface area contributed by atoms with Gasteiger partial charge in [-0.1, -0.05) is 0 Å². The van der Waals surface area contributed by atoms with Crippen LogP contribution in [-0.4, -0.2) is 79.2 Å². The lowest BCUT2D eigenvalue weighted by Crippen LogP contribution is -2.45. The third-order valence-corrected chi connectivity index (χ3v) is 2.55. The maximum Gasteiger partial charge on any atom is 0.321 e. The molecule has 8 heteroatoms. The average molecular weight is 261 g/mol. The number of aliphatic hydroxyl groups is 2. The number of nitrogens with zero attached hydrogens (tertiary/aromatic N) is 1. The van der Waals surface area contributed by atoms with Crippen molar-refractivity contribution in [3.63, 3.8) is 0 Å². The van der Waals surface area contributed by atoms with E-state index in [1.807, 2.05) is 0 Å². The Balaban J connectivity index is 2.19. The first-order chi connectivity index (χ1) is 8.52. The van der Waals surface area contributed by atoms with Crippen LogP contribution in [0, 0.1) is 0 Å². The van der Waals surface area contributed by atoms with Crippen molar-refractivity contribution in [2.24, 2.45) is 0 Å². The van der Waals surface area contributed by atoms with Gasteiger partial charge in [0.25, 0.3) is 0 Å². The van der Waals surface area contributed by atoms with Crippen molar-refractivity contribution >= 4 is 11.9 Å². The fourth-order valence-corrected chi connectivity index (χ4v) is 1.66. The summed E-state index contributed by atoms with van der Waals surface area (Å²) in [6, 6.07) is -0.586. The number of nitrogens with one attached hydrogen (secondary N) is 2. The highest BCUT2D eigenvalue weighted by Crippen LogP contribution is 2.08. The Morgan fingerprint density at radius 3 is 2.50 bits per heavy atom. The van der Waals surface area contributed by atoms with E-state index >= 15 is 0 Å². The number of imide groups is 1. The second-order valence-electron chi connectivity index (χ2n) is 4.13. The zero-order valence-electron chi connectivity index (χ0n) is 10.3. The number of urea groups is 1. The first kappa shape index (κ1) is 14.8. The van der Waals surface area contributed by atoms with Crippen molar-refractivity contribution < 1.29 is 24.5 Å². The second kappa shape index (κ2) is 7.27. The molecule has 0 radical (unpaired) electrons. The molecule has 0 saturated carbocycles. The Hall–Kier alpha value is -1.22. The summed E-state index contributed by atoms with van der Waals surface area (Å²) in [7, 11) is 1.51. The number of ether oxygens (including phenoxy) is 1. The first-order valence-electron chi connectivity index (χ1n) is 5.68. The molecule has 1 fully saturated rings. The minimum atomic E-state index is -0.840. The minimum absolute atomic E-state index is 0.0359. The van der Waals surface area contributed by atoms with Crippen LogP contribution >= 0.6 is 0 Å². The van der Waals surface area contributed by atoms with Gasteiger partial charge in [0, 0.05) is 26.7 Å². The van der Waals surface area contributed by atoms with E-state index in [2.05, 4.69) is 10.6 Å². The number of hydrogen-bond acceptors (Lipinski definition) is 6. The smallest absolute Gasteiger partial charge is 0.321 e. The fourth-order valence-electron chi connectivity index (χ4n) is 1.66. The molecule has 8 nitrogen and oxygen atoms in total. The number of amides is 3. The molecular formula is C10H19N3O5. The van der Waals surface area contributed by atoms with Crippen LogP contribution in [0.3, 0.4) is 0 Å². The van der Waals surface area contributed by atoms with Crippen molar-refractivity contribution in [3.05, 3.63) is 0 Å². The Kier molecular flexibility index (Phi) is 5.99. The van der Waals surface area contributed by atoms with Gasteiger partial charge in [-0.15, -0.1) is 0 Å². The normalized spacial score (nSPS) is 23.9. The molecule has 0 aromatic carbocycles. The Morgan fingerprint density at radius 1 is 1.33 bits per heavy atom. The summed E-state index contributed by atoms with van der Waals surface area (Å²) >= 11 is 0. The topological polar surface area (TPSA) is 111 Å². The predicted octanol–water partition coefficient (Wildman–Crippen LogP) is -2.50. The number of carbonyl (C=O) groups is 2. The number of hydrogen-bond donors (Lipinski definition) is 4. The Morgan fingerprint density at radius 2 is 1.94 bits per heavy atom. The molecule has 1 rings (SSSR count). The number of aliphatic hydroxyl groups excluding tert-OH is 2. The molecule has 18 heavy (non-hydrogen) atoms. The highest BCUT2D eigenvalue weighted by molar-refractivity contribution is 5.95. The minimum Gasteiger partial charge on any atom is -0.389 e. The van der Waals surface area contributed by atoms with Crippen LogP contribution in [0.5, 0.6) is 0 Å². The van der Waals surface area contributed by atoms with Gasteiger partial charge >= 0.3 is 6.03 Å². The van der Waals surface area contributed by atoms with E-state index in [9.17, 15) is 19.8 Å². The van der Waals surface area contributed by atoms with Gasteiger partial charge < -0.3 is 20.3 Å². The first-order valence-corrected chi connectivity index (χ1v) is 5.68. The van der Waals surface area contributed by atoms with Crippen molar-refractivity contribution in [2.45, 2.75) is 12.2 Å². The maximum atomic E-state index is 11.4. The summed E-state index contributed by atoms with van der Waals surface area (Å²) in [6.07, 6.45) is -1.68. The number of rotatable bonds is 5. The van der Waals surface area contributed by atoms with Crippen LogP contribution in [0.2, 0.25) is 0 Å². The van der Waals surface area contributed by atoms with Gasteiger partial charge in [0.2, 0.25) is 5.91 Å². The molecular weight excluding hydrogens is 242 g/mol. The van der Waals surface area contributed by atoms with Crippen LogP contribution in [-0.2, 0) is 9.53 Å². The molecule has 104 valence electrons. The van der Waals surface area contributed by atoms with E-state index < -0.39 is 24.1 Å². The van der Waals surface area contributed by atoms with Gasteiger partial charge in [-0.3, -0.25) is 15.0 Å². The van der Waals surface area contributed by atoms with Gasteiger partial charge in [-0.25, -0.2) is 4.79 Å². The molecule has 4 N–H and O–H groups in total. The zero-order chi connectivity index (χ0) is 13.5. The van der Waals surface area contributed by atoms with E-state index in [0.717, 1.165) is 0 Å². The average Bonchev–Trinajstić information content (AvgIpc) is 2.57. The molecule has 1 aliphatic heterocycles. The SMILES string of the molecule is COCCNC(=O)NC(=O)CN1CC(O)C(O)C1. The van der Waals surface area contributed by atoms with Crippen molar-refractivity contribution in [3.8, 4) is 0 Å². The standard InChI is InChI=1S/C10H19N3O5/c1-18-3-2-11-10(17)12-9(16)6-13-4-7(14)8(15)5-13/h7-8,14-15H,2-6H2,1H3,(H2,11,12,16,17). The highest BCUT2D eigenvalue weighted by atomic mass is 16.5. The summed E-state index contributed by atoms with van der Waals surface area (Å²) in [5.74, 6) is -0.480. The van der Waals surface area contributed by atoms with E-state index in [1.54, 1.807) is 4.90 Å². The summed E-state index contributed by atoms with van der Waals surface area (Å²) < 4.78 is 4.74. The fraction of sp³-hybridized carbons (Fsp3) is 0.800. The summed E-state index contributed by atoms with van der Waals surface area (Å²) in [5.41, 5.74) is 0. The molecule has 1 saturated heterocycles. The Labute approximate surface area is 105 Å². The van der Waals surface area contributed by atoms with Gasteiger partial charge in [0.1, 0.15) is 0 Å². The van der Waals surface area contributed by atoms with Crippen molar-refractivity contribution in [2.75, 3.05) is 39.9 Å². The zero-order valence-corrected chi connectivity index (χ0v) is 10.3. The number of methoxy groups -OCH3 is 1. The molecule has 0 aliphatic carbocycles. The molecule has 2 unspecified atom stereocenters. The lowest BCUT2D eigenvalue weighted by Gasteiger charge is -2.13. The quantitative estimate of drug-likeness (QED) is 0.407. The molecule has 0 bridgehead atoms. The van der Waals surface area contributed by atoms with Gasteiger partial charge in [0.05, 0.1) is 25.4 Å². The van der Waals surface area contributed by atoms with Crippen LogP contribution in [0.15, 0.2) is 0 Å². The van der Waals surface area contributed by atoms with Gasteiger partial charge in [-0.2, -0.15) is 0 Å². The van der Waals surface area contributed by atoms with Crippen LogP contribution < -0.4 is 10.6 Å². The number of carbonyl (C=O) groups excluding carboxylic acids is 2. The van der Waals surface area contributed by atoms with E-state index in [-0.39, 0.29) is 19.6 Å². The van der Waals surface area contributed by atoms with E-state index in [0.29, 0.717) is 13.2 Å². The van der Waals surface area contributed by atoms with Crippen LogP contribution in [0.1, 0.15) is 0 Å². The third-order valence-electron chi connectivity index (χ3n) is 2.55. The largest absolute Gasteiger partial charge is 0.389 e. The second-order valence-corrected chi connectivity index (χ2v) is 4.13. The third kappa shape index (κ3) is 4.96. The summed E-state index contributed by atoms with van der Waals surface area (Å²) in [6.45, 7) is 1.09. The van der Waals surface area contributed by atoms with Crippen LogP contribution in [0.4, 0.5) is 4.79 Å². The molecule has 0 aromatic rings. The molecule has 1 aliphatic rings. The lowest BCUT2D eigenvalue weighted by atomic mass is 10.3. The number of β-amino-alcohol motifs (C(OH)–C–C–N with tert-alkyl or cyclic N) is 2. The predicted molar refractivity (Wildman–Crippen MR) is 61.9 cm³/mol. The van der Waals surface area contributed by atoms with Crippen molar-refractivity contribution in [1.29, 1.82) is 0 Å². The molecule has 2 atom stereocenters. The van der Waals surface area contributed by atoms with E-state index in [4.69, 9.17) is 4.74 Å².